The van der Waals surface area contributed by atoms with Crippen molar-refractivity contribution in [1.82, 2.24) is 14.9 Å². The van der Waals surface area contributed by atoms with Crippen LogP contribution in [0.25, 0.3) is 0 Å². The minimum Gasteiger partial charge on any atom is -0.397 e. The van der Waals surface area contributed by atoms with Crippen LogP contribution in [0.2, 0.25) is 0 Å². The number of anilines is 1. The molecule has 19 heavy (non-hydrogen) atoms. The highest BCUT2D eigenvalue weighted by atomic mass is 16.2. The maximum absolute atomic E-state index is 12.5. The molecule has 0 aromatic carbocycles. The van der Waals surface area contributed by atoms with Crippen LogP contribution in [0.15, 0.2) is 36.8 Å². The summed E-state index contributed by atoms with van der Waals surface area (Å²) in [5, 5.41) is 0. The highest BCUT2D eigenvalue weighted by Gasteiger charge is 2.31. The summed E-state index contributed by atoms with van der Waals surface area (Å²) < 4.78 is 0. The van der Waals surface area contributed by atoms with E-state index in [2.05, 4.69) is 9.97 Å². The van der Waals surface area contributed by atoms with Crippen molar-refractivity contribution in [1.29, 1.82) is 0 Å². The monoisotopic (exact) mass is 256 g/mol. The summed E-state index contributed by atoms with van der Waals surface area (Å²) >= 11 is 0. The summed E-state index contributed by atoms with van der Waals surface area (Å²) in [5.74, 6) is 0.00283. The first-order valence-electron chi connectivity index (χ1n) is 6.40. The molecule has 0 saturated carbocycles. The van der Waals surface area contributed by atoms with Crippen LogP contribution in [0.1, 0.15) is 34.9 Å². The lowest BCUT2D eigenvalue weighted by Crippen LogP contribution is -2.30. The van der Waals surface area contributed by atoms with Crippen molar-refractivity contribution in [2.24, 2.45) is 0 Å². The van der Waals surface area contributed by atoms with E-state index < -0.39 is 0 Å². The first-order valence-corrected chi connectivity index (χ1v) is 6.40. The Morgan fingerprint density at radius 2 is 2.42 bits per heavy atom. The number of rotatable bonds is 2. The van der Waals surface area contributed by atoms with E-state index >= 15 is 0 Å². The second-order valence-corrected chi connectivity index (χ2v) is 4.79. The van der Waals surface area contributed by atoms with E-state index in [0.29, 0.717) is 11.4 Å². The zero-order valence-electron chi connectivity index (χ0n) is 10.5. The summed E-state index contributed by atoms with van der Waals surface area (Å²) in [4.78, 5) is 21.4. The van der Waals surface area contributed by atoms with Gasteiger partial charge in [0.2, 0.25) is 0 Å². The van der Waals surface area contributed by atoms with Crippen molar-refractivity contribution in [2.45, 2.75) is 18.9 Å². The van der Waals surface area contributed by atoms with Gasteiger partial charge in [-0.1, -0.05) is 6.07 Å². The van der Waals surface area contributed by atoms with Gasteiger partial charge in [0.25, 0.3) is 5.91 Å². The fourth-order valence-electron chi connectivity index (χ4n) is 2.62. The summed E-state index contributed by atoms with van der Waals surface area (Å²) in [5.41, 5.74) is 7.87. The second kappa shape index (κ2) is 4.76. The number of aromatic amines is 1. The topological polar surface area (TPSA) is 75.0 Å². The first-order chi connectivity index (χ1) is 9.25. The molecule has 1 amide bonds. The number of nitrogens with one attached hydrogen (secondary N) is 1. The zero-order chi connectivity index (χ0) is 13.2. The van der Waals surface area contributed by atoms with Crippen molar-refractivity contribution >= 4 is 11.6 Å². The number of pyridine rings is 1. The zero-order valence-corrected chi connectivity index (χ0v) is 10.5. The second-order valence-electron chi connectivity index (χ2n) is 4.79. The van der Waals surface area contributed by atoms with Crippen molar-refractivity contribution in [3.63, 3.8) is 0 Å². The molecule has 5 nitrogen and oxygen atoms in total. The summed E-state index contributed by atoms with van der Waals surface area (Å²) in [6.07, 6.45) is 7.22. The lowest BCUT2D eigenvalue weighted by atomic mass is 10.1. The summed E-state index contributed by atoms with van der Waals surface area (Å²) in [6, 6.07) is 5.72. The Labute approximate surface area is 111 Å². The first kappa shape index (κ1) is 11.8. The molecular formula is C14H16N4O. The predicted octanol–water partition coefficient (Wildman–Crippen LogP) is 1.97. The number of likely N-dealkylation sites (tertiary alicyclic amines) is 1. The van der Waals surface area contributed by atoms with E-state index in [1.165, 1.54) is 0 Å². The number of nitrogens with two attached hydrogens (primary N) is 1. The number of H-pyrrole nitrogens is 1. The molecular weight excluding hydrogens is 240 g/mol. The molecule has 1 fully saturated rings. The Kier molecular flexibility index (Phi) is 2.95. The lowest BCUT2D eigenvalue weighted by molar-refractivity contribution is 0.0730. The van der Waals surface area contributed by atoms with Gasteiger partial charge in [-0.15, -0.1) is 0 Å². The molecule has 3 N–H and O–H groups in total. The Balaban J connectivity index is 1.86. The number of aromatic nitrogens is 2. The number of carbonyl (C=O) groups is 1. The average Bonchev–Trinajstić information content (AvgIpc) is 3.07. The van der Waals surface area contributed by atoms with Crippen LogP contribution in [0.5, 0.6) is 0 Å². The van der Waals surface area contributed by atoms with E-state index in [1.54, 1.807) is 18.5 Å². The highest BCUT2D eigenvalue weighted by molar-refractivity contribution is 5.93. The third-order valence-electron chi connectivity index (χ3n) is 3.52. The molecule has 1 saturated heterocycles. The van der Waals surface area contributed by atoms with E-state index in [9.17, 15) is 4.79 Å². The third kappa shape index (κ3) is 2.19. The molecule has 1 atom stereocenters. The highest BCUT2D eigenvalue weighted by Crippen LogP contribution is 2.32. The van der Waals surface area contributed by atoms with Crippen molar-refractivity contribution in [2.75, 3.05) is 12.3 Å². The molecule has 0 bridgehead atoms. The summed E-state index contributed by atoms with van der Waals surface area (Å²) in [7, 11) is 0. The van der Waals surface area contributed by atoms with Gasteiger partial charge < -0.3 is 15.6 Å². The molecule has 0 aliphatic carbocycles. The number of nitrogens with zero attached hydrogens (tertiary/aromatic N) is 2. The Bertz CT molecular complexity index is 578. The van der Waals surface area contributed by atoms with Crippen LogP contribution in [0.4, 0.5) is 5.69 Å². The van der Waals surface area contributed by atoms with Crippen LogP contribution in [-0.2, 0) is 0 Å². The van der Waals surface area contributed by atoms with Gasteiger partial charge in [0.1, 0.15) is 5.69 Å². The average molecular weight is 256 g/mol. The van der Waals surface area contributed by atoms with Crippen LogP contribution < -0.4 is 5.73 Å². The number of hydrogen-bond acceptors (Lipinski definition) is 3. The van der Waals surface area contributed by atoms with E-state index in [1.807, 2.05) is 23.2 Å². The Morgan fingerprint density at radius 3 is 3.11 bits per heavy atom. The minimum atomic E-state index is 0.00283. The maximum Gasteiger partial charge on any atom is 0.270 e. The SMILES string of the molecule is Nc1c[nH]c(C(=O)N2CCCC2c2cccnc2)c1. The summed E-state index contributed by atoms with van der Waals surface area (Å²) in [6.45, 7) is 0.775. The number of amides is 1. The molecule has 0 spiro atoms. The molecule has 2 aromatic heterocycles. The number of nitrogen functional groups attached to an aromatic ring is 1. The molecule has 1 aliphatic rings. The van der Waals surface area contributed by atoms with E-state index in [0.717, 1.165) is 24.9 Å². The minimum absolute atomic E-state index is 0.00283. The largest absolute Gasteiger partial charge is 0.397 e. The van der Waals surface area contributed by atoms with Gasteiger partial charge in [-0.3, -0.25) is 9.78 Å². The molecule has 1 aliphatic heterocycles. The molecule has 5 heteroatoms. The van der Waals surface area contributed by atoms with Gasteiger partial charge in [0.05, 0.1) is 6.04 Å². The van der Waals surface area contributed by atoms with Crippen LogP contribution in [-0.4, -0.2) is 27.3 Å². The van der Waals surface area contributed by atoms with Crippen molar-refractivity contribution in [3.8, 4) is 0 Å². The molecule has 1 unspecified atom stereocenters. The van der Waals surface area contributed by atoms with Gasteiger partial charge in [0, 0.05) is 30.8 Å². The normalized spacial score (nSPS) is 18.7. The predicted molar refractivity (Wildman–Crippen MR) is 72.5 cm³/mol. The smallest absolute Gasteiger partial charge is 0.270 e. The van der Waals surface area contributed by atoms with Gasteiger partial charge in [0.15, 0.2) is 0 Å². The fraction of sp³-hybridized carbons (Fsp3) is 0.286. The van der Waals surface area contributed by atoms with Crippen LogP contribution >= 0.6 is 0 Å². The van der Waals surface area contributed by atoms with Crippen molar-refractivity contribution in [3.05, 3.63) is 48.0 Å². The molecule has 2 aromatic rings. The van der Waals surface area contributed by atoms with E-state index in [4.69, 9.17) is 5.73 Å². The van der Waals surface area contributed by atoms with Gasteiger partial charge in [-0.2, -0.15) is 0 Å². The molecule has 3 rings (SSSR count). The van der Waals surface area contributed by atoms with Gasteiger partial charge in [-0.05, 0) is 30.5 Å². The van der Waals surface area contributed by atoms with Gasteiger partial charge >= 0.3 is 0 Å². The maximum atomic E-state index is 12.5. The van der Waals surface area contributed by atoms with E-state index in [-0.39, 0.29) is 11.9 Å². The fourth-order valence-corrected chi connectivity index (χ4v) is 2.62. The van der Waals surface area contributed by atoms with Crippen LogP contribution in [0.3, 0.4) is 0 Å². The molecule has 98 valence electrons. The number of carbonyl (C=O) groups excluding carboxylic acids is 1. The Hall–Kier alpha value is -2.30. The molecule has 0 radical (unpaired) electrons. The third-order valence-corrected chi connectivity index (χ3v) is 3.52. The van der Waals surface area contributed by atoms with Crippen LogP contribution in [0, 0.1) is 0 Å². The number of hydrogen-bond donors (Lipinski definition) is 2. The lowest BCUT2D eigenvalue weighted by Gasteiger charge is -2.24. The molecule has 3 heterocycles. The standard InChI is InChI=1S/C14H16N4O/c15-11-7-12(17-9-11)14(19)18-6-2-4-13(18)10-3-1-5-16-8-10/h1,3,5,7-9,13,17H,2,4,6,15H2. The quantitative estimate of drug-likeness (QED) is 0.862. The van der Waals surface area contributed by atoms with Crippen molar-refractivity contribution < 1.29 is 4.79 Å². The Morgan fingerprint density at radius 1 is 1.53 bits per heavy atom. The van der Waals surface area contributed by atoms with Gasteiger partial charge in [-0.25, -0.2) is 0 Å².